The Morgan fingerprint density at radius 2 is 2.22 bits per heavy atom. The lowest BCUT2D eigenvalue weighted by atomic mass is 10.1. The first-order valence-electron chi connectivity index (χ1n) is 6.38. The Morgan fingerprint density at radius 1 is 1.39 bits per heavy atom. The topological polar surface area (TPSA) is 64.6 Å². The molecule has 4 rings (SSSR count). The zero-order valence-corrected chi connectivity index (χ0v) is 10.5. The van der Waals surface area contributed by atoms with E-state index in [9.17, 15) is 4.79 Å². The van der Waals surface area contributed by atoms with Crippen molar-refractivity contribution < 1.29 is 4.79 Å². The van der Waals surface area contributed by atoms with Gasteiger partial charge in [-0.2, -0.15) is 5.10 Å². The van der Waals surface area contributed by atoms with E-state index in [0.29, 0.717) is 17.6 Å². The maximum absolute atomic E-state index is 12.3. The highest BCUT2D eigenvalue weighted by molar-refractivity contribution is 6.19. The molecule has 1 N–H and O–H groups in total. The highest BCUT2D eigenvalue weighted by Crippen LogP contribution is 2.40. The fourth-order valence-corrected chi connectivity index (χ4v) is 3.34. The van der Waals surface area contributed by atoms with Crippen LogP contribution in [0.4, 0.5) is 5.82 Å². The quantitative estimate of drug-likeness (QED) is 0.738. The number of fused-ring (bicyclic) bond motifs is 5. The molecule has 1 aromatic heterocycles. The molecule has 18 heavy (non-hydrogen) atoms. The fraction of sp³-hybridized carbons (Fsp3) is 0.583. The number of guanidine groups is 1. The van der Waals surface area contributed by atoms with Crippen molar-refractivity contribution in [1.29, 1.82) is 0 Å². The molecule has 1 saturated carbocycles. The van der Waals surface area contributed by atoms with Crippen LogP contribution in [0.2, 0.25) is 0 Å². The Morgan fingerprint density at radius 3 is 3.06 bits per heavy atom. The number of carbonyl (C=O) groups is 1. The van der Waals surface area contributed by atoms with Gasteiger partial charge in [0.2, 0.25) is 5.96 Å². The predicted octanol–water partition coefficient (Wildman–Crippen LogP) is 0.901. The lowest BCUT2D eigenvalue weighted by Crippen LogP contribution is -2.51. The maximum Gasteiger partial charge on any atom is 0.265 e. The van der Waals surface area contributed by atoms with Gasteiger partial charge in [0.05, 0.1) is 12.1 Å². The van der Waals surface area contributed by atoms with Crippen LogP contribution in [-0.2, 0) is 0 Å². The van der Waals surface area contributed by atoms with Gasteiger partial charge in [-0.1, -0.05) is 0 Å². The van der Waals surface area contributed by atoms with Crippen molar-refractivity contribution in [1.82, 2.24) is 15.1 Å². The van der Waals surface area contributed by atoms with Gasteiger partial charge in [-0.05, 0) is 26.2 Å². The standard InChI is InChI=1S/C12H15N5O/c1-6-9-10(15-14-6)17-8-5-3-4-7(8)13-12(17)16(2)11(9)18/h7-8H,3-5H2,1-2H3,(H,14,15). The van der Waals surface area contributed by atoms with E-state index in [4.69, 9.17) is 4.99 Å². The number of aromatic amines is 1. The van der Waals surface area contributed by atoms with Gasteiger partial charge in [-0.25, -0.2) is 4.99 Å². The molecule has 6 nitrogen and oxygen atoms in total. The molecule has 3 heterocycles. The van der Waals surface area contributed by atoms with E-state index in [2.05, 4.69) is 15.1 Å². The summed E-state index contributed by atoms with van der Waals surface area (Å²) in [6, 6.07) is 0.718. The molecule has 6 heteroatoms. The number of anilines is 1. The molecule has 0 aromatic carbocycles. The van der Waals surface area contributed by atoms with Crippen LogP contribution in [0.3, 0.4) is 0 Å². The average Bonchev–Trinajstić information content (AvgIpc) is 2.99. The minimum Gasteiger partial charge on any atom is -0.289 e. The van der Waals surface area contributed by atoms with Crippen molar-refractivity contribution in [2.24, 2.45) is 4.99 Å². The molecule has 1 fully saturated rings. The third-order valence-corrected chi connectivity index (χ3v) is 4.25. The van der Waals surface area contributed by atoms with Crippen molar-refractivity contribution >= 4 is 17.7 Å². The van der Waals surface area contributed by atoms with E-state index in [1.807, 2.05) is 6.92 Å². The molecule has 0 radical (unpaired) electrons. The van der Waals surface area contributed by atoms with Crippen molar-refractivity contribution in [3.05, 3.63) is 11.3 Å². The number of hydrogen-bond acceptors (Lipinski definition) is 4. The summed E-state index contributed by atoms with van der Waals surface area (Å²) in [7, 11) is 1.80. The molecular formula is C12H15N5O. The molecule has 2 aliphatic heterocycles. The molecule has 2 unspecified atom stereocenters. The van der Waals surface area contributed by atoms with Gasteiger partial charge in [0.25, 0.3) is 5.91 Å². The van der Waals surface area contributed by atoms with Gasteiger partial charge in [0, 0.05) is 12.7 Å². The summed E-state index contributed by atoms with van der Waals surface area (Å²) in [5, 5.41) is 7.25. The van der Waals surface area contributed by atoms with Gasteiger partial charge in [-0.15, -0.1) is 0 Å². The van der Waals surface area contributed by atoms with Gasteiger partial charge in [0.15, 0.2) is 5.82 Å². The van der Waals surface area contributed by atoms with Gasteiger partial charge >= 0.3 is 0 Å². The first-order chi connectivity index (χ1) is 8.68. The van der Waals surface area contributed by atoms with E-state index in [1.165, 1.54) is 6.42 Å². The molecule has 0 spiro atoms. The lowest BCUT2D eigenvalue weighted by Gasteiger charge is -2.34. The van der Waals surface area contributed by atoms with Crippen LogP contribution in [0.25, 0.3) is 0 Å². The first-order valence-corrected chi connectivity index (χ1v) is 6.38. The molecule has 0 bridgehead atoms. The molecule has 3 aliphatic rings. The summed E-state index contributed by atoms with van der Waals surface area (Å²) < 4.78 is 0. The molecular weight excluding hydrogens is 230 g/mol. The van der Waals surface area contributed by atoms with E-state index in [-0.39, 0.29) is 5.91 Å². The zero-order chi connectivity index (χ0) is 12.4. The smallest absolute Gasteiger partial charge is 0.265 e. The number of aryl methyl sites for hydroxylation is 1. The summed E-state index contributed by atoms with van der Waals surface area (Å²) in [5.74, 6) is 1.53. The largest absolute Gasteiger partial charge is 0.289 e. The number of H-pyrrole nitrogens is 1. The average molecular weight is 245 g/mol. The van der Waals surface area contributed by atoms with Gasteiger partial charge in [0.1, 0.15) is 5.56 Å². The normalized spacial score (nSPS) is 29.2. The van der Waals surface area contributed by atoms with Crippen molar-refractivity contribution in [3.8, 4) is 0 Å². The van der Waals surface area contributed by atoms with E-state index >= 15 is 0 Å². The minimum atomic E-state index is -0.00813. The number of carbonyl (C=O) groups excluding carboxylic acids is 1. The summed E-state index contributed by atoms with van der Waals surface area (Å²) in [4.78, 5) is 20.8. The molecule has 0 saturated heterocycles. The summed E-state index contributed by atoms with van der Waals surface area (Å²) >= 11 is 0. The van der Waals surface area contributed by atoms with Gasteiger partial charge < -0.3 is 0 Å². The monoisotopic (exact) mass is 245 g/mol. The third-order valence-electron chi connectivity index (χ3n) is 4.25. The van der Waals surface area contributed by atoms with Crippen LogP contribution < -0.4 is 4.90 Å². The van der Waals surface area contributed by atoms with E-state index in [0.717, 1.165) is 30.3 Å². The summed E-state index contributed by atoms with van der Waals surface area (Å²) in [5.41, 5.74) is 1.53. The lowest BCUT2D eigenvalue weighted by molar-refractivity contribution is 0.0864. The number of aromatic nitrogens is 2. The van der Waals surface area contributed by atoms with Crippen molar-refractivity contribution in [2.75, 3.05) is 11.9 Å². The Bertz CT molecular complexity index is 575. The number of aliphatic imine (C=N–C) groups is 1. The fourth-order valence-electron chi connectivity index (χ4n) is 3.34. The van der Waals surface area contributed by atoms with Crippen molar-refractivity contribution in [2.45, 2.75) is 38.3 Å². The van der Waals surface area contributed by atoms with Crippen LogP contribution in [-0.4, -0.2) is 46.1 Å². The zero-order valence-electron chi connectivity index (χ0n) is 10.5. The first kappa shape index (κ1) is 10.1. The second-order valence-corrected chi connectivity index (χ2v) is 5.28. The summed E-state index contributed by atoms with van der Waals surface area (Å²) in [6.45, 7) is 1.89. The molecule has 1 amide bonds. The van der Waals surface area contributed by atoms with E-state index < -0.39 is 0 Å². The Labute approximate surface area is 105 Å². The highest BCUT2D eigenvalue weighted by atomic mass is 16.2. The number of nitrogens with one attached hydrogen (secondary N) is 1. The number of nitrogens with zero attached hydrogens (tertiary/aromatic N) is 4. The third kappa shape index (κ3) is 1.01. The Balaban J connectivity index is 1.93. The van der Waals surface area contributed by atoms with Crippen molar-refractivity contribution in [3.63, 3.8) is 0 Å². The van der Waals surface area contributed by atoms with Crippen LogP contribution >= 0.6 is 0 Å². The Hall–Kier alpha value is -1.85. The molecule has 1 aliphatic carbocycles. The van der Waals surface area contributed by atoms with Gasteiger partial charge in [-0.3, -0.25) is 19.7 Å². The number of hydrogen-bond donors (Lipinski definition) is 1. The number of amides is 1. The second kappa shape index (κ2) is 3.13. The Kier molecular flexibility index (Phi) is 1.76. The molecule has 2 atom stereocenters. The van der Waals surface area contributed by atoms with Crippen LogP contribution in [0.5, 0.6) is 0 Å². The molecule has 94 valence electrons. The minimum absolute atomic E-state index is 0.00813. The van der Waals surface area contributed by atoms with Crippen LogP contribution in [0, 0.1) is 6.92 Å². The highest BCUT2D eigenvalue weighted by Gasteiger charge is 2.48. The SMILES string of the molecule is Cc1[nH]nc2c1C(=O)N(C)C1=NC3CCCC3N12. The summed E-state index contributed by atoms with van der Waals surface area (Å²) in [6.07, 6.45) is 3.45. The van der Waals surface area contributed by atoms with Crippen LogP contribution in [0.15, 0.2) is 4.99 Å². The van der Waals surface area contributed by atoms with Crippen LogP contribution in [0.1, 0.15) is 35.3 Å². The maximum atomic E-state index is 12.3. The van der Waals surface area contributed by atoms with E-state index in [1.54, 1.807) is 11.9 Å². The number of rotatable bonds is 0. The predicted molar refractivity (Wildman–Crippen MR) is 66.8 cm³/mol. The molecule has 1 aromatic rings. The second-order valence-electron chi connectivity index (χ2n) is 5.28.